The van der Waals surface area contributed by atoms with Gasteiger partial charge < -0.3 is 15.4 Å². The number of aromatic nitrogens is 2. The third-order valence-corrected chi connectivity index (χ3v) is 4.58. The first-order valence-corrected chi connectivity index (χ1v) is 9.89. The van der Waals surface area contributed by atoms with E-state index in [0.717, 1.165) is 12.3 Å². The lowest BCUT2D eigenvalue weighted by Gasteiger charge is -2.36. The average Bonchev–Trinajstić information content (AvgIpc) is 2.66. The molecule has 0 aliphatic carbocycles. The molecule has 1 unspecified atom stereocenters. The van der Waals surface area contributed by atoms with E-state index < -0.39 is 41.5 Å². The number of ether oxygens (including phenoxy) is 1. The van der Waals surface area contributed by atoms with Gasteiger partial charge in [0.2, 0.25) is 0 Å². The molecule has 3 amide bonds. The summed E-state index contributed by atoms with van der Waals surface area (Å²) in [6.07, 6.45) is -4.52. The molecular formula is C21H24F3N5O3. The predicted molar refractivity (Wildman–Crippen MR) is 111 cm³/mol. The topological polar surface area (TPSA) is 96.5 Å². The molecule has 0 bridgehead atoms. The maximum Gasteiger partial charge on any atom is 0.433 e. The number of fused-ring (bicyclic) bond motifs is 1. The van der Waals surface area contributed by atoms with Crippen molar-refractivity contribution in [1.29, 1.82) is 0 Å². The van der Waals surface area contributed by atoms with Crippen LogP contribution >= 0.6 is 0 Å². The number of nitrogens with one attached hydrogen (secondary N) is 2. The molecule has 11 heteroatoms. The molecule has 0 fully saturated rings. The Morgan fingerprint density at radius 2 is 1.91 bits per heavy atom. The summed E-state index contributed by atoms with van der Waals surface area (Å²) in [5, 5.41) is 5.46. The normalized spacial score (nSPS) is 17.3. The van der Waals surface area contributed by atoms with E-state index in [1.807, 2.05) is 20.8 Å². The van der Waals surface area contributed by atoms with Crippen molar-refractivity contribution in [2.24, 2.45) is 0 Å². The third kappa shape index (κ3) is 5.09. The van der Waals surface area contributed by atoms with Gasteiger partial charge in [-0.25, -0.2) is 14.8 Å². The third-order valence-electron chi connectivity index (χ3n) is 4.58. The number of benzene rings is 1. The second-order valence-electron chi connectivity index (χ2n) is 8.45. The first-order chi connectivity index (χ1) is 14.8. The predicted octanol–water partition coefficient (Wildman–Crippen LogP) is 4.29. The van der Waals surface area contributed by atoms with Crippen LogP contribution in [-0.2, 0) is 11.0 Å². The van der Waals surface area contributed by atoms with Crippen LogP contribution in [0.2, 0.25) is 0 Å². The van der Waals surface area contributed by atoms with Gasteiger partial charge in [0.05, 0.1) is 11.7 Å². The summed E-state index contributed by atoms with van der Waals surface area (Å²) in [5.41, 5.74) is -0.765. The molecule has 0 radical (unpaired) electrons. The summed E-state index contributed by atoms with van der Waals surface area (Å²) >= 11 is 0. The monoisotopic (exact) mass is 451 g/mol. The molecule has 2 N–H and O–H groups in total. The quantitative estimate of drug-likeness (QED) is 0.726. The molecule has 3 rings (SSSR count). The highest BCUT2D eigenvalue weighted by molar-refractivity contribution is 6.01. The van der Waals surface area contributed by atoms with Gasteiger partial charge in [-0.3, -0.25) is 9.69 Å². The summed E-state index contributed by atoms with van der Waals surface area (Å²) < 4.78 is 44.9. The maximum absolute atomic E-state index is 13.1. The van der Waals surface area contributed by atoms with Gasteiger partial charge in [0.1, 0.15) is 11.4 Å². The smallest absolute Gasteiger partial charge is 0.433 e. The van der Waals surface area contributed by atoms with Gasteiger partial charge >= 0.3 is 12.2 Å². The minimum atomic E-state index is -4.63. The number of anilines is 2. The van der Waals surface area contributed by atoms with Crippen LogP contribution < -0.4 is 20.3 Å². The van der Waals surface area contributed by atoms with E-state index in [-0.39, 0.29) is 5.82 Å². The molecule has 2 aromatic rings. The molecule has 1 aliphatic rings. The van der Waals surface area contributed by atoms with Crippen molar-refractivity contribution in [2.75, 3.05) is 10.2 Å². The van der Waals surface area contributed by atoms with Gasteiger partial charge in [0.15, 0.2) is 11.9 Å². The van der Waals surface area contributed by atoms with Gasteiger partial charge in [-0.05, 0) is 52.8 Å². The van der Waals surface area contributed by atoms with Gasteiger partial charge in [0.25, 0.3) is 5.91 Å². The second kappa shape index (κ2) is 8.29. The van der Waals surface area contributed by atoms with Crippen molar-refractivity contribution in [2.45, 2.75) is 58.5 Å². The van der Waals surface area contributed by atoms with E-state index in [0.29, 0.717) is 17.1 Å². The number of hydrogen-bond acceptors (Lipinski definition) is 5. The van der Waals surface area contributed by atoms with Gasteiger partial charge in [0, 0.05) is 23.5 Å². The highest BCUT2D eigenvalue weighted by Gasteiger charge is 2.38. The highest BCUT2D eigenvalue weighted by atomic mass is 19.4. The standard InChI is InChI=1S/C21H24F3N5O3/c1-11(17-25-9-8-16(27-17)21(22,23)24)29-14-7-6-13(26-19(31)28-20(3,4)5)10-15(14)32-12(2)18(29)30/h6-12H,1-5H3,(H2,26,28,31)/t11?,12-/m1/s1. The van der Waals surface area contributed by atoms with Crippen molar-refractivity contribution in [3.63, 3.8) is 0 Å². The highest BCUT2D eigenvalue weighted by Crippen LogP contribution is 2.40. The molecule has 8 nitrogen and oxygen atoms in total. The van der Waals surface area contributed by atoms with Crippen LogP contribution in [0, 0.1) is 0 Å². The lowest BCUT2D eigenvalue weighted by Crippen LogP contribution is -2.46. The number of alkyl halides is 3. The van der Waals surface area contributed by atoms with Crippen LogP contribution in [0.3, 0.4) is 0 Å². The molecule has 32 heavy (non-hydrogen) atoms. The molecule has 0 saturated carbocycles. The number of halogens is 3. The van der Waals surface area contributed by atoms with E-state index in [9.17, 15) is 22.8 Å². The number of amides is 3. The molecule has 1 aromatic heterocycles. The minimum absolute atomic E-state index is 0.153. The summed E-state index contributed by atoms with van der Waals surface area (Å²) in [6, 6.07) is 4.14. The minimum Gasteiger partial charge on any atom is -0.479 e. The number of hydrogen-bond donors (Lipinski definition) is 2. The molecule has 0 spiro atoms. The number of rotatable bonds is 3. The Hall–Kier alpha value is -3.37. The Labute approximate surface area is 183 Å². The molecule has 1 aromatic carbocycles. The largest absolute Gasteiger partial charge is 0.479 e. The lowest BCUT2D eigenvalue weighted by atomic mass is 10.1. The van der Waals surface area contributed by atoms with Gasteiger partial charge in [-0.1, -0.05) is 0 Å². The zero-order valence-corrected chi connectivity index (χ0v) is 18.2. The summed E-state index contributed by atoms with van der Waals surface area (Å²) in [7, 11) is 0. The molecule has 172 valence electrons. The van der Waals surface area contributed by atoms with E-state index in [2.05, 4.69) is 20.6 Å². The van der Waals surface area contributed by atoms with E-state index in [4.69, 9.17) is 4.74 Å². The summed E-state index contributed by atoms with van der Waals surface area (Å²) in [4.78, 5) is 33.8. The van der Waals surface area contributed by atoms with Crippen molar-refractivity contribution in [3.8, 4) is 5.75 Å². The van der Waals surface area contributed by atoms with E-state index >= 15 is 0 Å². The lowest BCUT2D eigenvalue weighted by molar-refractivity contribution is -0.141. The van der Waals surface area contributed by atoms with Crippen LogP contribution in [0.1, 0.15) is 52.2 Å². The fourth-order valence-electron chi connectivity index (χ4n) is 3.19. The molecular weight excluding hydrogens is 427 g/mol. The molecule has 2 atom stereocenters. The van der Waals surface area contributed by atoms with Crippen LogP contribution in [0.15, 0.2) is 30.5 Å². The number of nitrogens with zero attached hydrogens (tertiary/aromatic N) is 3. The Morgan fingerprint density at radius 1 is 1.22 bits per heavy atom. The van der Waals surface area contributed by atoms with Crippen molar-refractivity contribution < 1.29 is 27.5 Å². The zero-order chi connectivity index (χ0) is 23.8. The van der Waals surface area contributed by atoms with Crippen molar-refractivity contribution >= 4 is 23.3 Å². The average molecular weight is 451 g/mol. The van der Waals surface area contributed by atoms with E-state index in [1.165, 1.54) is 18.7 Å². The molecule has 0 saturated heterocycles. The van der Waals surface area contributed by atoms with Crippen LogP contribution in [-0.4, -0.2) is 33.5 Å². The summed E-state index contributed by atoms with van der Waals surface area (Å²) in [6.45, 7) is 8.59. The van der Waals surface area contributed by atoms with Crippen LogP contribution in [0.5, 0.6) is 5.75 Å². The fourth-order valence-corrected chi connectivity index (χ4v) is 3.19. The molecule has 1 aliphatic heterocycles. The molecule has 2 heterocycles. The zero-order valence-electron chi connectivity index (χ0n) is 18.2. The Balaban J connectivity index is 1.92. The Morgan fingerprint density at radius 3 is 2.53 bits per heavy atom. The Bertz CT molecular complexity index is 1040. The first kappa shape index (κ1) is 23.3. The number of carbonyl (C=O) groups excluding carboxylic acids is 2. The number of carbonyl (C=O) groups is 2. The fraction of sp³-hybridized carbons (Fsp3) is 0.429. The maximum atomic E-state index is 13.1. The van der Waals surface area contributed by atoms with Gasteiger partial charge in [-0.15, -0.1) is 0 Å². The van der Waals surface area contributed by atoms with Crippen LogP contribution in [0.25, 0.3) is 0 Å². The van der Waals surface area contributed by atoms with E-state index in [1.54, 1.807) is 18.2 Å². The van der Waals surface area contributed by atoms with Gasteiger partial charge in [-0.2, -0.15) is 13.2 Å². The van der Waals surface area contributed by atoms with Crippen LogP contribution in [0.4, 0.5) is 29.3 Å². The Kier molecular flexibility index (Phi) is 6.03. The van der Waals surface area contributed by atoms with Crippen molar-refractivity contribution in [3.05, 3.63) is 42.0 Å². The first-order valence-electron chi connectivity index (χ1n) is 9.89. The number of urea groups is 1. The summed E-state index contributed by atoms with van der Waals surface area (Å²) in [5.74, 6) is -0.304. The van der Waals surface area contributed by atoms with Crippen molar-refractivity contribution in [1.82, 2.24) is 15.3 Å². The second-order valence-corrected chi connectivity index (χ2v) is 8.45. The SMILES string of the molecule is CC(c1nccc(C(F)(F)F)n1)N1C(=O)[C@@H](C)Oc2cc(NC(=O)NC(C)(C)C)ccc21.